The number of carboxylic acids is 1. The summed E-state index contributed by atoms with van der Waals surface area (Å²) in [6, 6.07) is 0. The third kappa shape index (κ3) is 0.941. The number of rotatable bonds is 1. The Labute approximate surface area is 61.9 Å². The van der Waals surface area contributed by atoms with Crippen LogP contribution in [0.25, 0.3) is 0 Å². The lowest BCUT2D eigenvalue weighted by molar-refractivity contribution is -0.333. The predicted molar refractivity (Wildman–Crippen MR) is 34.0 cm³/mol. The summed E-state index contributed by atoms with van der Waals surface area (Å²) in [7, 11) is 0. The van der Waals surface area contributed by atoms with E-state index in [-0.39, 0.29) is 5.57 Å². The Morgan fingerprint density at radius 2 is 2.45 bits per heavy atom. The van der Waals surface area contributed by atoms with Gasteiger partial charge in [0, 0.05) is 6.21 Å². The molecule has 0 amide bonds. The largest absolute Gasteiger partial charge is 0.478 e. The van der Waals surface area contributed by atoms with Crippen molar-refractivity contribution in [3.05, 3.63) is 11.6 Å². The number of dihydropyridines is 1. The molecule has 2 bridgehead atoms. The molecule has 0 radical (unpaired) electrons. The first kappa shape index (κ1) is 6.51. The van der Waals surface area contributed by atoms with E-state index < -0.39 is 18.3 Å². The average molecular weight is 155 g/mol. The highest BCUT2D eigenvalue weighted by Gasteiger charge is 2.31. The van der Waals surface area contributed by atoms with Crippen molar-refractivity contribution in [3.63, 3.8) is 0 Å². The van der Waals surface area contributed by atoms with Gasteiger partial charge in [-0.25, -0.2) is 14.6 Å². The summed E-state index contributed by atoms with van der Waals surface area (Å²) < 4.78 is 0. The van der Waals surface area contributed by atoms with Crippen LogP contribution in [-0.2, 0) is 14.6 Å². The van der Waals surface area contributed by atoms with Gasteiger partial charge in [0.05, 0.1) is 5.57 Å². The van der Waals surface area contributed by atoms with E-state index in [9.17, 15) is 4.79 Å². The summed E-state index contributed by atoms with van der Waals surface area (Å²) in [5.41, 5.74) is 0.142. The summed E-state index contributed by atoms with van der Waals surface area (Å²) in [6.07, 6.45) is 1.77. The molecule has 0 unspecified atom stereocenters. The van der Waals surface area contributed by atoms with Gasteiger partial charge in [0.1, 0.15) is 6.10 Å². The molecule has 0 aromatic rings. The molecule has 2 atom stereocenters. The number of carbonyl (C=O) groups is 1. The second-order valence-corrected chi connectivity index (χ2v) is 2.23. The lowest BCUT2D eigenvalue weighted by Gasteiger charge is -2.26. The van der Waals surface area contributed by atoms with Crippen LogP contribution in [0.15, 0.2) is 16.6 Å². The number of hydrogen-bond acceptors (Lipinski definition) is 4. The van der Waals surface area contributed by atoms with Crippen molar-refractivity contribution in [3.8, 4) is 0 Å². The molecule has 0 spiro atoms. The molecule has 0 fully saturated rings. The maximum atomic E-state index is 10.5. The first-order valence-corrected chi connectivity index (χ1v) is 3.08. The number of hydrogen-bond donors (Lipinski definition) is 1. The van der Waals surface area contributed by atoms with Crippen molar-refractivity contribution in [1.82, 2.24) is 0 Å². The van der Waals surface area contributed by atoms with Crippen LogP contribution in [0.1, 0.15) is 0 Å². The molecule has 3 aliphatic heterocycles. The molecule has 0 aromatic carbocycles. The zero-order valence-electron chi connectivity index (χ0n) is 5.43. The highest BCUT2D eigenvalue weighted by Crippen LogP contribution is 2.21. The van der Waals surface area contributed by atoms with E-state index in [2.05, 4.69) is 14.8 Å². The van der Waals surface area contributed by atoms with E-state index >= 15 is 0 Å². The van der Waals surface area contributed by atoms with Crippen molar-refractivity contribution < 1.29 is 19.7 Å². The molecule has 3 aliphatic rings. The van der Waals surface area contributed by atoms with Crippen LogP contribution in [0, 0.1) is 0 Å². The molecule has 58 valence electrons. The van der Waals surface area contributed by atoms with Crippen molar-refractivity contribution >= 4 is 12.2 Å². The molecule has 5 heteroatoms. The Hall–Kier alpha value is -1.20. The van der Waals surface area contributed by atoms with Gasteiger partial charge in [-0.15, -0.1) is 0 Å². The average Bonchev–Trinajstić information content (AvgIpc) is 2.06. The van der Waals surface area contributed by atoms with Crippen molar-refractivity contribution in [2.24, 2.45) is 4.99 Å². The molecule has 0 saturated heterocycles. The van der Waals surface area contributed by atoms with Gasteiger partial charge >= 0.3 is 5.97 Å². The van der Waals surface area contributed by atoms with Crippen molar-refractivity contribution in [1.29, 1.82) is 0 Å². The maximum absolute atomic E-state index is 10.5. The van der Waals surface area contributed by atoms with E-state index in [1.165, 1.54) is 12.3 Å². The third-order valence-corrected chi connectivity index (χ3v) is 1.48. The van der Waals surface area contributed by atoms with Gasteiger partial charge in [0.15, 0.2) is 0 Å². The number of carboxylic acid groups (broad SMARTS) is 1. The minimum absolute atomic E-state index is 0.142. The standard InChI is InChI=1S/C6H5NO4/c8-6(9)4-1-3-2-7-5(4)11-10-3/h1-3,5H,(H,8,9)/t3-,5-/m1/s1. The molecule has 0 saturated carbocycles. The summed E-state index contributed by atoms with van der Waals surface area (Å²) in [5, 5.41) is 8.58. The van der Waals surface area contributed by atoms with E-state index in [1.54, 1.807) is 0 Å². The van der Waals surface area contributed by atoms with E-state index in [0.29, 0.717) is 0 Å². The Bertz CT molecular complexity index is 257. The first-order valence-electron chi connectivity index (χ1n) is 3.08. The van der Waals surface area contributed by atoms with Crippen molar-refractivity contribution in [2.45, 2.75) is 12.3 Å². The van der Waals surface area contributed by atoms with Gasteiger partial charge in [0.25, 0.3) is 0 Å². The van der Waals surface area contributed by atoms with Gasteiger partial charge in [-0.2, -0.15) is 0 Å². The van der Waals surface area contributed by atoms with Gasteiger partial charge in [-0.05, 0) is 6.08 Å². The van der Waals surface area contributed by atoms with Gasteiger partial charge in [0.2, 0.25) is 6.23 Å². The summed E-state index contributed by atoms with van der Waals surface area (Å²) in [6.45, 7) is 0. The molecule has 0 aromatic heterocycles. The molecule has 1 N–H and O–H groups in total. The van der Waals surface area contributed by atoms with Crippen LogP contribution in [0.4, 0.5) is 0 Å². The van der Waals surface area contributed by atoms with Crippen molar-refractivity contribution in [2.75, 3.05) is 0 Å². The van der Waals surface area contributed by atoms with Crippen LogP contribution in [0.5, 0.6) is 0 Å². The fourth-order valence-corrected chi connectivity index (χ4v) is 0.969. The number of nitrogens with zero attached hydrogens (tertiary/aromatic N) is 1. The molecule has 5 nitrogen and oxygen atoms in total. The minimum atomic E-state index is -1.01. The molecule has 3 heterocycles. The maximum Gasteiger partial charge on any atom is 0.336 e. The third-order valence-electron chi connectivity index (χ3n) is 1.48. The lowest BCUT2D eigenvalue weighted by Crippen LogP contribution is -2.35. The van der Waals surface area contributed by atoms with Gasteiger partial charge in [-0.1, -0.05) is 0 Å². The zero-order valence-corrected chi connectivity index (χ0v) is 5.43. The summed E-state index contributed by atoms with van der Waals surface area (Å²) in [4.78, 5) is 23.5. The Morgan fingerprint density at radius 1 is 1.64 bits per heavy atom. The lowest BCUT2D eigenvalue weighted by atomic mass is 10.1. The highest BCUT2D eigenvalue weighted by atomic mass is 17.2. The Balaban J connectivity index is 2.31. The number of fused-ring (bicyclic) bond motifs is 1. The van der Waals surface area contributed by atoms with Gasteiger partial charge < -0.3 is 5.11 Å². The van der Waals surface area contributed by atoms with E-state index in [1.807, 2.05) is 0 Å². The van der Waals surface area contributed by atoms with Crippen LogP contribution in [0.3, 0.4) is 0 Å². The zero-order chi connectivity index (χ0) is 7.84. The molecular weight excluding hydrogens is 150 g/mol. The van der Waals surface area contributed by atoms with Gasteiger partial charge in [-0.3, -0.25) is 4.99 Å². The van der Waals surface area contributed by atoms with Crippen LogP contribution in [-0.4, -0.2) is 29.6 Å². The van der Waals surface area contributed by atoms with Crippen LogP contribution >= 0.6 is 0 Å². The molecule has 11 heavy (non-hydrogen) atoms. The topological polar surface area (TPSA) is 68.1 Å². The fraction of sp³-hybridized carbons (Fsp3) is 0.333. The van der Waals surface area contributed by atoms with Crippen LogP contribution in [0.2, 0.25) is 0 Å². The second-order valence-electron chi connectivity index (χ2n) is 2.23. The molecule has 3 rings (SSSR count). The first-order chi connectivity index (χ1) is 5.27. The highest BCUT2D eigenvalue weighted by molar-refractivity contribution is 5.90. The normalized spacial score (nSPS) is 33.6. The summed E-state index contributed by atoms with van der Waals surface area (Å²) >= 11 is 0. The van der Waals surface area contributed by atoms with E-state index in [0.717, 1.165) is 0 Å². The number of aliphatic carboxylic acids is 1. The number of aliphatic imine (C=N–C) groups is 1. The summed E-state index contributed by atoms with van der Waals surface area (Å²) in [5.74, 6) is -1.01. The Kier molecular flexibility index (Phi) is 1.27. The second kappa shape index (κ2) is 2.14. The Morgan fingerprint density at radius 3 is 2.73 bits per heavy atom. The monoisotopic (exact) mass is 155 g/mol. The molecule has 0 aliphatic carbocycles. The quantitative estimate of drug-likeness (QED) is 0.529. The predicted octanol–water partition coefficient (Wildman–Crippen LogP) is -0.262. The molecular formula is C6H5NO4. The van der Waals surface area contributed by atoms with Crippen LogP contribution < -0.4 is 0 Å². The smallest absolute Gasteiger partial charge is 0.336 e. The SMILES string of the molecule is O=C(O)C1=C[C@@H]2C=N[C@@H]1OO2. The minimum Gasteiger partial charge on any atom is -0.478 e. The fourth-order valence-electron chi connectivity index (χ4n) is 0.969. The van der Waals surface area contributed by atoms with E-state index in [4.69, 9.17) is 5.11 Å².